The summed E-state index contributed by atoms with van der Waals surface area (Å²) >= 11 is 1.65. The molecule has 2 N–H and O–H groups in total. The molecule has 0 radical (unpaired) electrons. The Bertz CT molecular complexity index is 813. The molecule has 7 nitrogen and oxygen atoms in total. The van der Waals surface area contributed by atoms with E-state index in [1.165, 1.54) is 0 Å². The molecule has 0 spiro atoms. The summed E-state index contributed by atoms with van der Waals surface area (Å²) in [6, 6.07) is 5.38. The number of fused-ring (bicyclic) bond motifs is 1. The van der Waals surface area contributed by atoms with Crippen LogP contribution in [0.15, 0.2) is 35.6 Å². The largest absolute Gasteiger partial charge is 0.350 e. The normalized spacial score (nSPS) is 13.1. The zero-order valence-electron chi connectivity index (χ0n) is 14.8. The van der Waals surface area contributed by atoms with Crippen LogP contribution < -0.4 is 15.5 Å². The third-order valence-corrected chi connectivity index (χ3v) is 4.91. The average molecular weight is 371 g/mol. The van der Waals surface area contributed by atoms with Crippen LogP contribution in [0, 0.1) is 13.8 Å². The van der Waals surface area contributed by atoms with Crippen molar-refractivity contribution in [1.82, 2.24) is 20.6 Å². The van der Waals surface area contributed by atoms with Crippen molar-refractivity contribution in [3.63, 3.8) is 0 Å². The number of nitrogens with zero attached hydrogens (tertiary/aromatic N) is 3. The van der Waals surface area contributed by atoms with Crippen LogP contribution in [0.1, 0.15) is 16.8 Å². The van der Waals surface area contributed by atoms with E-state index in [4.69, 9.17) is 0 Å². The SMILES string of the molecule is Cc1cc(C)c2c(n1)SCCN2C(=O)NCC(=O)NCc1cccnc1. The van der Waals surface area contributed by atoms with Gasteiger partial charge in [-0.15, -0.1) is 11.8 Å². The highest BCUT2D eigenvalue weighted by molar-refractivity contribution is 7.99. The molecule has 0 aliphatic carbocycles. The minimum atomic E-state index is -0.281. The quantitative estimate of drug-likeness (QED) is 0.859. The van der Waals surface area contributed by atoms with E-state index in [-0.39, 0.29) is 18.5 Å². The van der Waals surface area contributed by atoms with E-state index in [0.29, 0.717) is 13.1 Å². The molecule has 3 heterocycles. The standard InChI is InChI=1S/C18H21N5O2S/c1-12-8-13(2)22-17-16(12)23(6-7-26-17)18(25)21-11-15(24)20-10-14-4-3-5-19-9-14/h3-5,8-9H,6-7,10-11H2,1-2H3,(H,20,24)(H,21,25). The first-order valence-corrected chi connectivity index (χ1v) is 9.35. The van der Waals surface area contributed by atoms with Gasteiger partial charge in [0.05, 0.1) is 12.2 Å². The number of rotatable bonds is 4. The summed E-state index contributed by atoms with van der Waals surface area (Å²) in [6.45, 7) is 4.82. The second-order valence-electron chi connectivity index (χ2n) is 6.03. The molecule has 3 rings (SSSR count). The Kier molecular flexibility index (Phi) is 5.72. The van der Waals surface area contributed by atoms with Gasteiger partial charge in [-0.05, 0) is 37.1 Å². The Morgan fingerprint density at radius 3 is 2.92 bits per heavy atom. The van der Waals surface area contributed by atoms with Gasteiger partial charge >= 0.3 is 6.03 Å². The monoisotopic (exact) mass is 371 g/mol. The lowest BCUT2D eigenvalue weighted by Crippen LogP contribution is -2.46. The van der Waals surface area contributed by atoms with Crippen LogP contribution in [0.25, 0.3) is 0 Å². The molecule has 0 saturated carbocycles. The van der Waals surface area contributed by atoms with Gasteiger partial charge in [0.25, 0.3) is 0 Å². The van der Waals surface area contributed by atoms with Crippen molar-refractivity contribution in [2.75, 3.05) is 23.7 Å². The lowest BCUT2D eigenvalue weighted by atomic mass is 10.2. The van der Waals surface area contributed by atoms with Crippen molar-refractivity contribution in [2.24, 2.45) is 0 Å². The van der Waals surface area contributed by atoms with Gasteiger partial charge in [0.1, 0.15) is 5.03 Å². The van der Waals surface area contributed by atoms with Crippen LogP contribution in [-0.2, 0) is 11.3 Å². The van der Waals surface area contributed by atoms with Crippen LogP contribution in [-0.4, -0.2) is 40.7 Å². The molecule has 1 aliphatic rings. The van der Waals surface area contributed by atoms with Crippen molar-refractivity contribution < 1.29 is 9.59 Å². The van der Waals surface area contributed by atoms with E-state index in [1.54, 1.807) is 29.1 Å². The molecule has 0 fully saturated rings. The number of nitrogens with one attached hydrogen (secondary N) is 2. The highest BCUT2D eigenvalue weighted by Gasteiger charge is 2.26. The predicted molar refractivity (Wildman–Crippen MR) is 101 cm³/mol. The van der Waals surface area contributed by atoms with Crippen LogP contribution >= 0.6 is 11.8 Å². The van der Waals surface area contributed by atoms with E-state index in [0.717, 1.165) is 33.3 Å². The first-order valence-electron chi connectivity index (χ1n) is 8.36. The molecule has 2 aromatic rings. The Morgan fingerprint density at radius 1 is 1.31 bits per heavy atom. The zero-order chi connectivity index (χ0) is 18.5. The molecule has 136 valence electrons. The molecule has 0 unspecified atom stereocenters. The molecule has 1 aliphatic heterocycles. The average Bonchev–Trinajstić information content (AvgIpc) is 2.64. The summed E-state index contributed by atoms with van der Waals surface area (Å²) < 4.78 is 0. The van der Waals surface area contributed by atoms with E-state index in [2.05, 4.69) is 20.6 Å². The lowest BCUT2D eigenvalue weighted by Gasteiger charge is -2.30. The smallest absolute Gasteiger partial charge is 0.322 e. The minimum absolute atomic E-state index is 0.0730. The number of amides is 3. The summed E-state index contributed by atoms with van der Waals surface area (Å²) in [4.78, 5) is 34.7. The van der Waals surface area contributed by atoms with Gasteiger partial charge < -0.3 is 10.6 Å². The van der Waals surface area contributed by atoms with Gasteiger partial charge in [-0.1, -0.05) is 6.07 Å². The van der Waals surface area contributed by atoms with Crippen molar-refractivity contribution in [1.29, 1.82) is 0 Å². The molecule has 0 bridgehead atoms. The second kappa shape index (κ2) is 8.18. The number of carbonyl (C=O) groups is 2. The van der Waals surface area contributed by atoms with Crippen molar-refractivity contribution in [2.45, 2.75) is 25.4 Å². The topological polar surface area (TPSA) is 87.2 Å². The molecule has 3 amide bonds. The first-order chi connectivity index (χ1) is 12.5. The van der Waals surface area contributed by atoms with E-state index in [1.807, 2.05) is 32.0 Å². The number of aryl methyl sites for hydroxylation is 2. The van der Waals surface area contributed by atoms with Crippen LogP contribution in [0.4, 0.5) is 10.5 Å². The fraction of sp³-hybridized carbons (Fsp3) is 0.333. The zero-order valence-corrected chi connectivity index (χ0v) is 15.6. The molecule has 0 atom stereocenters. The third-order valence-electron chi connectivity index (χ3n) is 3.96. The van der Waals surface area contributed by atoms with Gasteiger partial charge in [-0.25, -0.2) is 9.78 Å². The highest BCUT2D eigenvalue weighted by Crippen LogP contribution is 2.36. The molecule has 0 aromatic carbocycles. The first kappa shape index (κ1) is 18.2. The Morgan fingerprint density at radius 2 is 2.15 bits per heavy atom. The van der Waals surface area contributed by atoms with Gasteiger partial charge in [0, 0.05) is 36.9 Å². The fourth-order valence-electron chi connectivity index (χ4n) is 2.79. The van der Waals surface area contributed by atoms with Gasteiger partial charge in [-0.2, -0.15) is 0 Å². The maximum Gasteiger partial charge on any atom is 0.322 e. The van der Waals surface area contributed by atoms with Crippen molar-refractivity contribution in [3.8, 4) is 0 Å². The summed E-state index contributed by atoms with van der Waals surface area (Å²) in [6.07, 6.45) is 3.37. The summed E-state index contributed by atoms with van der Waals surface area (Å²) in [7, 11) is 0. The minimum Gasteiger partial charge on any atom is -0.350 e. The molecule has 2 aromatic heterocycles. The molecule has 0 saturated heterocycles. The number of hydrogen-bond acceptors (Lipinski definition) is 5. The van der Waals surface area contributed by atoms with Crippen LogP contribution in [0.5, 0.6) is 0 Å². The predicted octanol–water partition coefficient (Wildman–Crippen LogP) is 2.03. The number of thioether (sulfide) groups is 1. The number of aromatic nitrogens is 2. The van der Waals surface area contributed by atoms with Gasteiger partial charge in [0.2, 0.25) is 5.91 Å². The maximum absolute atomic E-state index is 12.6. The van der Waals surface area contributed by atoms with Crippen molar-refractivity contribution >= 4 is 29.4 Å². The maximum atomic E-state index is 12.6. The highest BCUT2D eigenvalue weighted by atomic mass is 32.2. The van der Waals surface area contributed by atoms with Crippen molar-refractivity contribution in [3.05, 3.63) is 47.4 Å². The summed E-state index contributed by atoms with van der Waals surface area (Å²) in [5.41, 5.74) is 3.69. The van der Waals surface area contributed by atoms with E-state index in [9.17, 15) is 9.59 Å². The molecular formula is C18H21N5O2S. The summed E-state index contributed by atoms with van der Waals surface area (Å²) in [5, 5.41) is 6.33. The summed E-state index contributed by atoms with van der Waals surface area (Å²) in [5.74, 6) is 0.538. The molecular weight excluding hydrogens is 350 g/mol. The number of pyridine rings is 2. The molecule has 8 heteroatoms. The van der Waals surface area contributed by atoms with E-state index >= 15 is 0 Å². The third kappa shape index (κ3) is 4.32. The van der Waals surface area contributed by atoms with Gasteiger partial charge in [0.15, 0.2) is 0 Å². The van der Waals surface area contributed by atoms with Crippen LogP contribution in [0.3, 0.4) is 0 Å². The number of anilines is 1. The molecule has 26 heavy (non-hydrogen) atoms. The number of hydrogen-bond donors (Lipinski definition) is 2. The number of carbonyl (C=O) groups excluding carboxylic acids is 2. The Labute approximate surface area is 156 Å². The van der Waals surface area contributed by atoms with Crippen LogP contribution in [0.2, 0.25) is 0 Å². The number of urea groups is 1. The fourth-order valence-corrected chi connectivity index (χ4v) is 3.87. The Hall–Kier alpha value is -2.61. The van der Waals surface area contributed by atoms with E-state index < -0.39 is 0 Å². The second-order valence-corrected chi connectivity index (χ2v) is 7.11. The van der Waals surface area contributed by atoms with Gasteiger partial charge in [-0.3, -0.25) is 14.7 Å². The Balaban J connectivity index is 1.57. The lowest BCUT2D eigenvalue weighted by molar-refractivity contribution is -0.120.